The molecule has 0 aromatic heterocycles. The molecule has 0 atom stereocenters. The van der Waals surface area contributed by atoms with E-state index < -0.39 is 0 Å². The molecule has 0 aromatic carbocycles. The van der Waals surface area contributed by atoms with Crippen molar-refractivity contribution in [1.82, 2.24) is 6.15 Å². The Morgan fingerprint density at radius 3 is 1.75 bits per heavy atom. The third-order valence-electron chi connectivity index (χ3n) is 0. The Morgan fingerprint density at radius 1 is 1.75 bits per heavy atom. The van der Waals surface area contributed by atoms with Crippen LogP contribution in [0.15, 0.2) is 0 Å². The monoisotopic (exact) mass is 103 g/mol. The summed E-state index contributed by atoms with van der Waals surface area (Å²) in [6.07, 6.45) is 0. The van der Waals surface area contributed by atoms with E-state index in [1.54, 1.807) is 0 Å². The van der Waals surface area contributed by atoms with Gasteiger partial charge in [0.1, 0.15) is 0 Å². The van der Waals surface area contributed by atoms with E-state index in [4.69, 9.17) is 4.79 Å². The van der Waals surface area contributed by atoms with Crippen LogP contribution in [-0.4, -0.2) is 4.86 Å². The first kappa shape index (κ1) is 8.98. The minimum absolute atomic E-state index is 0. The quantitative estimate of drug-likeness (QED) is 0.431. The molecule has 0 bridgehead atoms. The summed E-state index contributed by atoms with van der Waals surface area (Å²) in [4.78, 5) is 9.64. The molecular weight excluding hydrogens is 101 g/mol. The second kappa shape index (κ2) is 11.7. The molecule has 0 aromatic rings. The Kier molecular flexibility index (Phi) is 26.4. The summed E-state index contributed by atoms with van der Waals surface area (Å²) in [6, 6.07) is 0. The average Bonchev–Trinajstić information content (AvgIpc) is 0.918. The van der Waals surface area contributed by atoms with E-state index >= 15 is 0 Å². The summed E-state index contributed by atoms with van der Waals surface area (Å²) in [5.74, 6) is 0. The molecule has 0 rings (SSSR count). The van der Waals surface area contributed by atoms with Crippen molar-refractivity contribution >= 4 is 4.86 Å². The molecule has 0 heterocycles. The third kappa shape index (κ3) is 1930. The SMILES string of the molecule is N.O=[C]=[Ni]. The second-order valence-electron chi connectivity index (χ2n) is 0.0645. The van der Waals surface area contributed by atoms with Crippen LogP contribution in [0.3, 0.4) is 0 Å². The molecule has 0 saturated carbocycles. The van der Waals surface area contributed by atoms with Crippen LogP contribution in [0, 0.1) is 0 Å². The fraction of sp³-hybridized carbons (Fsp3) is 0. The molecule has 0 aliphatic heterocycles. The van der Waals surface area contributed by atoms with Crippen LogP contribution in [0.1, 0.15) is 0 Å². The summed E-state index contributed by atoms with van der Waals surface area (Å²) in [7, 11) is 0. The molecule has 0 fully saturated rings. The van der Waals surface area contributed by atoms with E-state index in [0.29, 0.717) is 0 Å². The Hall–Kier alpha value is 0.0335. The van der Waals surface area contributed by atoms with E-state index in [0.717, 1.165) is 4.86 Å². The van der Waals surface area contributed by atoms with Gasteiger partial charge in [-0.2, -0.15) is 0 Å². The van der Waals surface area contributed by atoms with Gasteiger partial charge < -0.3 is 6.15 Å². The van der Waals surface area contributed by atoms with Crippen molar-refractivity contribution in [3.05, 3.63) is 0 Å². The standard InChI is InChI=1S/CO.H3N.Ni/c1-2;;/h;1H3;. The molecule has 0 unspecified atom stereocenters. The predicted molar refractivity (Wildman–Crippen MR) is 10.7 cm³/mol. The number of carbonyl (C=O) groups excluding carboxylic acids is 1. The van der Waals surface area contributed by atoms with E-state index in [-0.39, 0.29) is 6.15 Å². The molecule has 0 saturated heterocycles. The van der Waals surface area contributed by atoms with Crippen molar-refractivity contribution in [2.75, 3.05) is 0 Å². The molecule has 0 aliphatic rings. The van der Waals surface area contributed by atoms with E-state index in [2.05, 4.69) is 15.0 Å². The topological polar surface area (TPSA) is 52.1 Å². The Balaban J connectivity index is 0. The average molecular weight is 104 g/mol. The van der Waals surface area contributed by atoms with E-state index in [1.165, 1.54) is 0 Å². The number of hydrogen-bond acceptors (Lipinski definition) is 2. The van der Waals surface area contributed by atoms with Crippen LogP contribution < -0.4 is 6.15 Å². The predicted octanol–water partition coefficient (Wildman–Crippen LogP) is -0.238. The molecule has 0 aliphatic carbocycles. The van der Waals surface area contributed by atoms with Crippen LogP contribution in [0.4, 0.5) is 0 Å². The van der Waals surface area contributed by atoms with Crippen molar-refractivity contribution in [2.24, 2.45) is 0 Å². The van der Waals surface area contributed by atoms with Crippen molar-refractivity contribution < 1.29 is 19.8 Å². The van der Waals surface area contributed by atoms with Crippen molar-refractivity contribution in [3.63, 3.8) is 0 Å². The number of rotatable bonds is 0. The van der Waals surface area contributed by atoms with Crippen LogP contribution in [-0.2, 0) is 19.8 Å². The molecule has 4 heavy (non-hydrogen) atoms. The van der Waals surface area contributed by atoms with Gasteiger partial charge in [0.15, 0.2) is 0 Å². The summed E-state index contributed by atoms with van der Waals surface area (Å²) in [5.41, 5.74) is 0. The Morgan fingerprint density at radius 2 is 1.75 bits per heavy atom. The first-order chi connectivity index (χ1) is 1.41. The molecule has 0 spiro atoms. The van der Waals surface area contributed by atoms with E-state index in [1.807, 2.05) is 0 Å². The van der Waals surface area contributed by atoms with Crippen molar-refractivity contribution in [3.8, 4) is 0 Å². The summed E-state index contributed by atoms with van der Waals surface area (Å²) in [5, 5.41) is 0. The summed E-state index contributed by atoms with van der Waals surface area (Å²) in [6.45, 7) is 0. The van der Waals surface area contributed by atoms with Crippen molar-refractivity contribution in [1.29, 1.82) is 0 Å². The van der Waals surface area contributed by atoms with Gasteiger partial charge in [-0.3, -0.25) is 0 Å². The van der Waals surface area contributed by atoms with Crippen molar-refractivity contribution in [2.45, 2.75) is 0 Å². The Bertz CT molecular complexity index is 29.0. The normalized spacial score (nSPS) is 2.50. The fourth-order valence-corrected chi connectivity index (χ4v) is 0. The molecule has 2 nitrogen and oxygen atoms in total. The van der Waals surface area contributed by atoms with Gasteiger partial charge in [0.2, 0.25) is 0 Å². The molecule has 3 N–H and O–H groups in total. The zero-order valence-corrected chi connectivity index (χ0v) is 2.92. The number of hydrogen-bond donors (Lipinski definition) is 1. The van der Waals surface area contributed by atoms with Gasteiger partial charge >= 0.3 is 24.7 Å². The molecular formula is CH3NNiO. The maximum atomic E-state index is 8.51. The maximum absolute atomic E-state index is 8.51. The Labute approximate surface area is 31.7 Å². The van der Waals surface area contributed by atoms with Crippen LogP contribution >= 0.6 is 0 Å². The van der Waals surface area contributed by atoms with Gasteiger partial charge in [-0.1, -0.05) is 0 Å². The zero-order chi connectivity index (χ0) is 2.71. The molecule has 3 heteroatoms. The van der Waals surface area contributed by atoms with Gasteiger partial charge in [-0.15, -0.1) is 0 Å². The van der Waals surface area contributed by atoms with Crippen LogP contribution in [0.5, 0.6) is 0 Å². The first-order valence-electron chi connectivity index (χ1n) is 0.362. The second-order valence-corrected chi connectivity index (χ2v) is 0.266. The molecule has 0 amide bonds. The van der Waals surface area contributed by atoms with Crippen LogP contribution in [0.25, 0.3) is 0 Å². The summed E-state index contributed by atoms with van der Waals surface area (Å²) >= 11 is 3.36. The zero-order valence-electron chi connectivity index (χ0n) is 1.93. The van der Waals surface area contributed by atoms with Gasteiger partial charge in [0.05, 0.1) is 0 Å². The third-order valence-corrected chi connectivity index (χ3v) is 0. The van der Waals surface area contributed by atoms with Crippen LogP contribution in [0.2, 0.25) is 0 Å². The molecule has 0 radical (unpaired) electrons. The minimum atomic E-state index is 0. The van der Waals surface area contributed by atoms with Gasteiger partial charge in [0, 0.05) is 0 Å². The fourth-order valence-electron chi connectivity index (χ4n) is 0. The van der Waals surface area contributed by atoms with Gasteiger partial charge in [-0.05, 0) is 0 Å². The van der Waals surface area contributed by atoms with Gasteiger partial charge in [0.25, 0.3) is 0 Å². The van der Waals surface area contributed by atoms with Gasteiger partial charge in [-0.25, -0.2) is 0 Å². The molecule has 28 valence electrons. The van der Waals surface area contributed by atoms with E-state index in [9.17, 15) is 0 Å². The summed E-state index contributed by atoms with van der Waals surface area (Å²) < 4.78 is 0. The first-order valence-corrected chi connectivity index (χ1v) is 0.856.